The first-order valence-corrected chi connectivity index (χ1v) is 6.47. The molecule has 0 fully saturated rings. The lowest BCUT2D eigenvalue weighted by Crippen LogP contribution is -2.01. The summed E-state index contributed by atoms with van der Waals surface area (Å²) >= 11 is 0. The number of benzene rings is 1. The van der Waals surface area contributed by atoms with Crippen LogP contribution in [0.4, 0.5) is 0 Å². The van der Waals surface area contributed by atoms with Crippen LogP contribution in [0.15, 0.2) is 24.3 Å². The van der Waals surface area contributed by atoms with E-state index < -0.39 is 11.9 Å². The molecule has 0 heterocycles. The summed E-state index contributed by atoms with van der Waals surface area (Å²) in [5.74, 6) is -0.969. The first kappa shape index (κ1) is 16.6. The number of phenols is 1. The van der Waals surface area contributed by atoms with Crippen molar-refractivity contribution in [2.75, 3.05) is 13.7 Å². The molecule has 0 spiro atoms. The number of unbranched alkanes of at least 4 members (excludes halogenated alkanes) is 1. The number of aliphatic carboxylic acids is 1. The van der Waals surface area contributed by atoms with Gasteiger partial charge in [0.1, 0.15) is 11.5 Å². The Hall–Kier alpha value is -2.50. The Morgan fingerprint density at radius 1 is 1.29 bits per heavy atom. The van der Waals surface area contributed by atoms with Crippen LogP contribution in [0.1, 0.15) is 24.8 Å². The van der Waals surface area contributed by atoms with E-state index in [0.29, 0.717) is 30.8 Å². The molecule has 2 N–H and O–H groups in total. The molecule has 1 aromatic rings. The highest BCUT2D eigenvalue weighted by molar-refractivity contribution is 5.88. The zero-order valence-corrected chi connectivity index (χ0v) is 11.7. The molecule has 1 aromatic carbocycles. The Kier molecular flexibility index (Phi) is 6.80. The molecule has 0 unspecified atom stereocenters. The lowest BCUT2D eigenvalue weighted by atomic mass is 10.1. The number of carbonyl (C=O) groups excluding carboxylic acids is 1. The van der Waals surface area contributed by atoms with Crippen LogP contribution < -0.4 is 4.74 Å². The molecule has 0 aliphatic heterocycles. The van der Waals surface area contributed by atoms with Crippen molar-refractivity contribution < 1.29 is 29.3 Å². The first-order chi connectivity index (χ1) is 10.0. The summed E-state index contributed by atoms with van der Waals surface area (Å²) in [6.45, 7) is 0.329. The van der Waals surface area contributed by atoms with Crippen LogP contribution in [0, 0.1) is 0 Å². The second kappa shape index (κ2) is 8.63. The van der Waals surface area contributed by atoms with Crippen molar-refractivity contribution in [3.8, 4) is 11.5 Å². The third kappa shape index (κ3) is 5.99. The van der Waals surface area contributed by atoms with Crippen LogP contribution in [0.3, 0.4) is 0 Å². The van der Waals surface area contributed by atoms with Crippen molar-refractivity contribution in [1.82, 2.24) is 0 Å². The van der Waals surface area contributed by atoms with E-state index in [1.165, 1.54) is 25.3 Å². The summed E-state index contributed by atoms with van der Waals surface area (Å²) in [4.78, 5) is 21.5. The number of methoxy groups -OCH3 is 1. The molecule has 0 aromatic heterocycles. The quantitative estimate of drug-likeness (QED) is 0.434. The molecule has 0 amide bonds. The maximum absolute atomic E-state index is 11.1. The van der Waals surface area contributed by atoms with E-state index >= 15 is 0 Å². The number of ether oxygens (including phenoxy) is 2. The van der Waals surface area contributed by atoms with Crippen LogP contribution in [0.2, 0.25) is 0 Å². The Bertz CT molecular complexity index is 521. The van der Waals surface area contributed by atoms with Crippen molar-refractivity contribution in [1.29, 1.82) is 0 Å². The second-order valence-electron chi connectivity index (χ2n) is 4.24. The maximum atomic E-state index is 11.1. The Labute approximate surface area is 122 Å². The van der Waals surface area contributed by atoms with Gasteiger partial charge in [0.05, 0.1) is 19.3 Å². The van der Waals surface area contributed by atoms with Crippen LogP contribution >= 0.6 is 0 Å². The Morgan fingerprint density at radius 2 is 2.05 bits per heavy atom. The third-order valence-electron chi connectivity index (χ3n) is 2.67. The maximum Gasteiger partial charge on any atom is 0.330 e. The van der Waals surface area contributed by atoms with Crippen LogP contribution in [-0.4, -0.2) is 35.9 Å². The van der Waals surface area contributed by atoms with Gasteiger partial charge in [0.25, 0.3) is 0 Å². The number of hydrogen-bond acceptors (Lipinski definition) is 5. The van der Waals surface area contributed by atoms with Crippen LogP contribution in [0.25, 0.3) is 6.08 Å². The van der Waals surface area contributed by atoms with Gasteiger partial charge >= 0.3 is 11.9 Å². The van der Waals surface area contributed by atoms with E-state index in [2.05, 4.69) is 4.74 Å². The van der Waals surface area contributed by atoms with Gasteiger partial charge in [0.15, 0.2) is 0 Å². The van der Waals surface area contributed by atoms with Crippen molar-refractivity contribution in [3.05, 3.63) is 29.8 Å². The largest absolute Gasteiger partial charge is 0.507 e. The molecular formula is C15H18O6. The van der Waals surface area contributed by atoms with E-state index in [4.69, 9.17) is 9.84 Å². The van der Waals surface area contributed by atoms with Gasteiger partial charge in [0, 0.05) is 12.5 Å². The van der Waals surface area contributed by atoms with Crippen LogP contribution in [0.5, 0.6) is 11.5 Å². The normalized spacial score (nSPS) is 10.5. The number of rotatable bonds is 8. The zero-order valence-electron chi connectivity index (χ0n) is 11.7. The molecule has 21 heavy (non-hydrogen) atoms. The Balaban J connectivity index is 2.65. The van der Waals surface area contributed by atoms with Gasteiger partial charge in [-0.25, -0.2) is 4.79 Å². The topological polar surface area (TPSA) is 93.1 Å². The number of carboxylic acids is 1. The van der Waals surface area contributed by atoms with Gasteiger partial charge in [-0.3, -0.25) is 4.79 Å². The SMILES string of the molecule is COC(=O)/C=C/c1c(O)cccc1OCCCCC(=O)O. The second-order valence-corrected chi connectivity index (χ2v) is 4.24. The third-order valence-corrected chi connectivity index (χ3v) is 2.67. The van der Waals surface area contributed by atoms with E-state index in [1.807, 2.05) is 0 Å². The molecule has 0 bridgehead atoms. The molecule has 0 aliphatic rings. The molecule has 0 radical (unpaired) electrons. The summed E-state index contributed by atoms with van der Waals surface area (Å²) in [6, 6.07) is 4.76. The summed E-state index contributed by atoms with van der Waals surface area (Å²) in [5, 5.41) is 18.3. The fourth-order valence-corrected chi connectivity index (χ4v) is 1.61. The van der Waals surface area contributed by atoms with E-state index in [-0.39, 0.29) is 12.2 Å². The average Bonchev–Trinajstić information content (AvgIpc) is 2.45. The molecule has 6 heteroatoms. The van der Waals surface area contributed by atoms with Gasteiger partial charge in [0.2, 0.25) is 0 Å². The van der Waals surface area contributed by atoms with Gasteiger partial charge in [-0.15, -0.1) is 0 Å². The fraction of sp³-hybridized carbons (Fsp3) is 0.333. The number of carboxylic acid groups (broad SMARTS) is 1. The van der Waals surface area contributed by atoms with Crippen molar-refractivity contribution in [3.63, 3.8) is 0 Å². The predicted molar refractivity (Wildman–Crippen MR) is 76.1 cm³/mol. The minimum absolute atomic E-state index is 0.0156. The summed E-state index contributed by atoms with van der Waals surface area (Å²) < 4.78 is 9.99. The monoisotopic (exact) mass is 294 g/mol. The van der Waals surface area contributed by atoms with Gasteiger partial charge < -0.3 is 19.7 Å². The lowest BCUT2D eigenvalue weighted by molar-refractivity contribution is -0.137. The minimum Gasteiger partial charge on any atom is -0.507 e. The molecule has 0 saturated heterocycles. The summed E-state index contributed by atoms with van der Waals surface area (Å²) in [7, 11) is 1.26. The number of aromatic hydroxyl groups is 1. The standard InChI is InChI=1S/C15H18O6/c1-20-15(19)9-8-11-12(16)5-4-6-13(11)21-10-3-2-7-14(17)18/h4-6,8-9,16H,2-3,7,10H2,1H3,(H,17,18)/b9-8+. The molecule has 0 aliphatic carbocycles. The fourth-order valence-electron chi connectivity index (χ4n) is 1.61. The number of carbonyl (C=O) groups is 2. The van der Waals surface area contributed by atoms with Gasteiger partial charge in [-0.2, -0.15) is 0 Å². The molecule has 6 nitrogen and oxygen atoms in total. The first-order valence-electron chi connectivity index (χ1n) is 6.47. The smallest absolute Gasteiger partial charge is 0.330 e. The van der Waals surface area contributed by atoms with Crippen molar-refractivity contribution in [2.24, 2.45) is 0 Å². The van der Waals surface area contributed by atoms with Crippen molar-refractivity contribution >= 4 is 18.0 Å². The number of hydrogen-bond donors (Lipinski definition) is 2. The average molecular weight is 294 g/mol. The van der Waals surface area contributed by atoms with E-state index in [0.717, 1.165) is 0 Å². The summed E-state index contributed by atoms with van der Waals surface area (Å²) in [5.41, 5.74) is 0.376. The minimum atomic E-state index is -0.839. The number of esters is 1. The highest BCUT2D eigenvalue weighted by Crippen LogP contribution is 2.29. The zero-order chi connectivity index (χ0) is 15.7. The molecule has 114 valence electrons. The van der Waals surface area contributed by atoms with E-state index in [9.17, 15) is 14.7 Å². The highest BCUT2D eigenvalue weighted by Gasteiger charge is 2.07. The number of phenolic OH excluding ortho intramolecular Hbond substituents is 1. The Morgan fingerprint density at radius 3 is 2.71 bits per heavy atom. The molecular weight excluding hydrogens is 276 g/mol. The summed E-state index contributed by atoms with van der Waals surface area (Å²) in [6.07, 6.45) is 3.79. The molecule has 0 atom stereocenters. The van der Waals surface area contributed by atoms with Crippen molar-refractivity contribution in [2.45, 2.75) is 19.3 Å². The van der Waals surface area contributed by atoms with Gasteiger partial charge in [-0.1, -0.05) is 6.07 Å². The van der Waals surface area contributed by atoms with Crippen LogP contribution in [-0.2, 0) is 14.3 Å². The lowest BCUT2D eigenvalue weighted by Gasteiger charge is -2.10. The van der Waals surface area contributed by atoms with E-state index in [1.54, 1.807) is 12.1 Å². The molecule has 0 saturated carbocycles. The molecule has 1 rings (SSSR count). The predicted octanol–water partition coefficient (Wildman–Crippen LogP) is 2.21. The highest BCUT2D eigenvalue weighted by atomic mass is 16.5. The van der Waals surface area contributed by atoms with Gasteiger partial charge in [-0.05, 0) is 31.1 Å².